The third kappa shape index (κ3) is 5.23. The van der Waals surface area contributed by atoms with Gasteiger partial charge in [-0.2, -0.15) is 0 Å². The van der Waals surface area contributed by atoms with Crippen LogP contribution in [0.3, 0.4) is 0 Å². The van der Waals surface area contributed by atoms with Gasteiger partial charge < -0.3 is 15.5 Å². The number of nitrogens with one attached hydrogen (secondary N) is 1. The van der Waals surface area contributed by atoms with Gasteiger partial charge >= 0.3 is 0 Å². The minimum absolute atomic E-state index is 0.121. The highest BCUT2D eigenvalue weighted by atomic mass is 79.9. The SMILES string of the molecule is Cc1cc(C#CCO)cc(C(=O)NC(c2ccc(Br)cc2)c2cc(F)ccc2O)n1. The zero-order valence-electron chi connectivity index (χ0n) is 16.0. The largest absolute Gasteiger partial charge is 0.508 e. The quantitative estimate of drug-likeness (QED) is 0.507. The molecule has 152 valence electrons. The minimum Gasteiger partial charge on any atom is -0.508 e. The first kappa shape index (κ1) is 21.5. The van der Waals surface area contributed by atoms with Gasteiger partial charge in [-0.25, -0.2) is 9.37 Å². The summed E-state index contributed by atoms with van der Waals surface area (Å²) in [6.45, 7) is 1.43. The number of aromatic hydroxyl groups is 1. The summed E-state index contributed by atoms with van der Waals surface area (Å²) in [5, 5.41) is 22.0. The van der Waals surface area contributed by atoms with Crippen molar-refractivity contribution in [2.75, 3.05) is 6.61 Å². The summed E-state index contributed by atoms with van der Waals surface area (Å²) in [5.74, 6) is 4.10. The summed E-state index contributed by atoms with van der Waals surface area (Å²) < 4.78 is 14.7. The molecule has 0 spiro atoms. The van der Waals surface area contributed by atoms with E-state index in [2.05, 4.69) is 38.1 Å². The number of amides is 1. The predicted molar refractivity (Wildman–Crippen MR) is 114 cm³/mol. The zero-order valence-corrected chi connectivity index (χ0v) is 17.6. The highest BCUT2D eigenvalue weighted by Gasteiger charge is 2.22. The fourth-order valence-electron chi connectivity index (χ4n) is 2.96. The molecule has 1 amide bonds. The Labute approximate surface area is 181 Å². The number of hydrogen-bond donors (Lipinski definition) is 3. The van der Waals surface area contributed by atoms with E-state index in [0.717, 1.165) is 10.5 Å². The van der Waals surface area contributed by atoms with E-state index in [1.165, 1.54) is 18.2 Å². The Morgan fingerprint density at radius 3 is 2.63 bits per heavy atom. The maximum Gasteiger partial charge on any atom is 0.270 e. The molecule has 1 atom stereocenters. The van der Waals surface area contributed by atoms with Gasteiger partial charge in [-0.15, -0.1) is 0 Å². The maximum atomic E-state index is 13.9. The predicted octanol–water partition coefficient (Wildman–Crippen LogP) is 3.86. The Morgan fingerprint density at radius 1 is 1.20 bits per heavy atom. The second-order valence-corrected chi connectivity index (χ2v) is 7.42. The monoisotopic (exact) mass is 468 g/mol. The molecule has 0 aliphatic carbocycles. The van der Waals surface area contributed by atoms with E-state index in [-0.39, 0.29) is 23.6 Å². The number of halogens is 2. The average Bonchev–Trinajstić information content (AvgIpc) is 2.72. The van der Waals surface area contributed by atoms with Gasteiger partial charge in [0.1, 0.15) is 23.9 Å². The number of pyridine rings is 1. The van der Waals surface area contributed by atoms with Gasteiger partial charge in [-0.05, 0) is 55.0 Å². The molecular formula is C23H18BrFN2O3. The smallest absolute Gasteiger partial charge is 0.270 e. The standard InChI is InChI=1S/C23H18BrFN2O3/c1-14-11-15(3-2-10-28)12-20(26-14)23(30)27-22(16-4-6-17(24)7-5-16)19-13-18(25)8-9-21(19)29/h4-9,11-13,22,28-29H,10H2,1H3,(H,27,30). The number of aliphatic hydroxyl groups is 1. The second-order valence-electron chi connectivity index (χ2n) is 6.50. The molecule has 3 N–H and O–H groups in total. The lowest BCUT2D eigenvalue weighted by Crippen LogP contribution is -2.30. The number of phenolic OH excluding ortho intramolecular Hbond substituents is 1. The van der Waals surface area contributed by atoms with E-state index in [9.17, 15) is 14.3 Å². The van der Waals surface area contributed by atoms with E-state index in [1.807, 2.05) is 0 Å². The molecule has 1 unspecified atom stereocenters. The molecule has 7 heteroatoms. The number of aliphatic hydroxyl groups excluding tert-OH is 1. The van der Waals surface area contributed by atoms with Gasteiger partial charge in [0.25, 0.3) is 5.91 Å². The van der Waals surface area contributed by atoms with Gasteiger partial charge in [-0.1, -0.05) is 39.9 Å². The molecule has 0 saturated heterocycles. The number of carbonyl (C=O) groups excluding carboxylic acids is 1. The summed E-state index contributed by atoms with van der Waals surface area (Å²) in [6.07, 6.45) is 0. The number of phenols is 1. The third-order valence-corrected chi connectivity index (χ3v) is 4.81. The number of aromatic nitrogens is 1. The van der Waals surface area contributed by atoms with Crippen molar-refractivity contribution in [3.8, 4) is 17.6 Å². The summed E-state index contributed by atoms with van der Waals surface area (Å²) >= 11 is 3.36. The first-order chi connectivity index (χ1) is 14.4. The van der Waals surface area contributed by atoms with Crippen LogP contribution in [0.4, 0.5) is 4.39 Å². The van der Waals surface area contributed by atoms with Crippen LogP contribution in [0.1, 0.15) is 38.9 Å². The summed E-state index contributed by atoms with van der Waals surface area (Å²) in [5.41, 5.74) is 2.11. The van der Waals surface area contributed by atoms with Crippen molar-refractivity contribution < 1.29 is 19.4 Å². The molecule has 0 fully saturated rings. The van der Waals surface area contributed by atoms with Crippen LogP contribution in [-0.2, 0) is 0 Å². The lowest BCUT2D eigenvalue weighted by atomic mass is 9.97. The van der Waals surface area contributed by atoms with Crippen LogP contribution in [0.25, 0.3) is 0 Å². The third-order valence-electron chi connectivity index (χ3n) is 4.28. The Bertz CT molecular complexity index is 1140. The van der Waals surface area contributed by atoms with Crippen molar-refractivity contribution in [1.29, 1.82) is 0 Å². The van der Waals surface area contributed by atoms with Crippen LogP contribution in [-0.4, -0.2) is 27.7 Å². The molecule has 1 aromatic heterocycles. The van der Waals surface area contributed by atoms with E-state index >= 15 is 0 Å². The van der Waals surface area contributed by atoms with Gasteiger partial charge in [0.05, 0.1) is 6.04 Å². The lowest BCUT2D eigenvalue weighted by molar-refractivity contribution is 0.0937. The Hall–Kier alpha value is -3.21. The Morgan fingerprint density at radius 2 is 1.93 bits per heavy atom. The van der Waals surface area contributed by atoms with Gasteiger partial charge in [0, 0.05) is 21.3 Å². The number of aryl methyl sites for hydroxylation is 1. The molecule has 0 saturated carbocycles. The fourth-order valence-corrected chi connectivity index (χ4v) is 3.22. The fraction of sp³-hybridized carbons (Fsp3) is 0.130. The number of benzene rings is 2. The van der Waals surface area contributed by atoms with E-state index in [1.54, 1.807) is 37.3 Å². The molecule has 3 aromatic rings. The van der Waals surface area contributed by atoms with Crippen molar-refractivity contribution in [3.05, 3.63) is 93.0 Å². The van der Waals surface area contributed by atoms with Crippen LogP contribution >= 0.6 is 15.9 Å². The molecule has 0 aliphatic rings. The summed E-state index contributed by atoms with van der Waals surface area (Å²) in [6, 6.07) is 13.1. The van der Waals surface area contributed by atoms with E-state index < -0.39 is 17.8 Å². The van der Waals surface area contributed by atoms with Crippen molar-refractivity contribution in [2.45, 2.75) is 13.0 Å². The highest BCUT2D eigenvalue weighted by Crippen LogP contribution is 2.31. The average molecular weight is 469 g/mol. The summed E-state index contributed by atoms with van der Waals surface area (Å²) in [7, 11) is 0. The molecule has 0 bridgehead atoms. The van der Waals surface area contributed by atoms with Gasteiger partial charge in [0.2, 0.25) is 0 Å². The molecule has 5 nitrogen and oxygen atoms in total. The van der Waals surface area contributed by atoms with Crippen LogP contribution in [0.2, 0.25) is 0 Å². The molecular weight excluding hydrogens is 451 g/mol. The molecule has 0 radical (unpaired) electrons. The first-order valence-electron chi connectivity index (χ1n) is 9.00. The maximum absolute atomic E-state index is 13.9. The van der Waals surface area contributed by atoms with Crippen LogP contribution in [0.15, 0.2) is 59.1 Å². The number of nitrogens with zero attached hydrogens (tertiary/aromatic N) is 1. The number of hydrogen-bond acceptors (Lipinski definition) is 4. The molecule has 30 heavy (non-hydrogen) atoms. The second kappa shape index (κ2) is 9.53. The lowest BCUT2D eigenvalue weighted by Gasteiger charge is -2.21. The zero-order chi connectivity index (χ0) is 21.7. The topological polar surface area (TPSA) is 82.5 Å². The molecule has 3 rings (SSSR count). The molecule has 0 aliphatic heterocycles. The van der Waals surface area contributed by atoms with Crippen LogP contribution in [0.5, 0.6) is 5.75 Å². The highest BCUT2D eigenvalue weighted by molar-refractivity contribution is 9.10. The van der Waals surface area contributed by atoms with Gasteiger partial charge in [0.15, 0.2) is 0 Å². The normalized spacial score (nSPS) is 11.3. The van der Waals surface area contributed by atoms with E-state index in [0.29, 0.717) is 16.8 Å². The minimum atomic E-state index is -0.810. The van der Waals surface area contributed by atoms with Crippen molar-refractivity contribution in [2.24, 2.45) is 0 Å². The molecule has 1 heterocycles. The van der Waals surface area contributed by atoms with Crippen molar-refractivity contribution in [1.82, 2.24) is 10.3 Å². The van der Waals surface area contributed by atoms with Crippen molar-refractivity contribution >= 4 is 21.8 Å². The van der Waals surface area contributed by atoms with Crippen molar-refractivity contribution in [3.63, 3.8) is 0 Å². The summed E-state index contributed by atoms with van der Waals surface area (Å²) in [4.78, 5) is 17.2. The first-order valence-corrected chi connectivity index (χ1v) is 9.80. The Kier molecular flexibility index (Phi) is 6.83. The van der Waals surface area contributed by atoms with Crippen LogP contribution < -0.4 is 5.32 Å². The van der Waals surface area contributed by atoms with Gasteiger partial charge in [-0.3, -0.25) is 4.79 Å². The number of rotatable bonds is 4. The van der Waals surface area contributed by atoms with E-state index in [4.69, 9.17) is 5.11 Å². The Balaban J connectivity index is 2.01. The molecule has 2 aromatic carbocycles. The number of carbonyl (C=O) groups is 1. The van der Waals surface area contributed by atoms with Crippen LogP contribution in [0, 0.1) is 24.6 Å².